The molecule has 0 saturated heterocycles. The number of nitrogens with one attached hydrogen (secondary N) is 1. The van der Waals surface area contributed by atoms with Crippen LogP contribution in [0.2, 0.25) is 0 Å². The summed E-state index contributed by atoms with van der Waals surface area (Å²) >= 11 is 0. The van der Waals surface area contributed by atoms with E-state index in [0.717, 1.165) is 6.54 Å². The lowest BCUT2D eigenvalue weighted by atomic mass is 9.95. The summed E-state index contributed by atoms with van der Waals surface area (Å²) in [5, 5.41) is 3.54. The van der Waals surface area contributed by atoms with E-state index >= 15 is 0 Å². The van der Waals surface area contributed by atoms with Gasteiger partial charge in [-0.25, -0.2) is 0 Å². The summed E-state index contributed by atoms with van der Waals surface area (Å²) in [6.45, 7) is 7.33. The summed E-state index contributed by atoms with van der Waals surface area (Å²) in [6, 6.07) is 10.9. The van der Waals surface area contributed by atoms with Gasteiger partial charge in [-0.1, -0.05) is 36.8 Å². The van der Waals surface area contributed by atoms with Crippen molar-refractivity contribution in [3.05, 3.63) is 65.0 Å². The van der Waals surface area contributed by atoms with Crippen LogP contribution in [0.15, 0.2) is 42.7 Å². The third kappa shape index (κ3) is 2.77. The molecule has 0 spiro atoms. The van der Waals surface area contributed by atoms with Crippen molar-refractivity contribution in [1.29, 1.82) is 0 Å². The van der Waals surface area contributed by atoms with Crippen molar-refractivity contribution in [3.63, 3.8) is 0 Å². The molecule has 0 aliphatic carbocycles. The van der Waals surface area contributed by atoms with Crippen molar-refractivity contribution in [2.45, 2.75) is 26.8 Å². The van der Waals surface area contributed by atoms with Gasteiger partial charge in [-0.3, -0.25) is 4.98 Å². The summed E-state index contributed by atoms with van der Waals surface area (Å²) < 4.78 is 0. The summed E-state index contributed by atoms with van der Waals surface area (Å²) in [7, 11) is 0. The summed E-state index contributed by atoms with van der Waals surface area (Å²) in [6.07, 6.45) is 3.81. The molecule has 1 heterocycles. The molecule has 18 heavy (non-hydrogen) atoms. The van der Waals surface area contributed by atoms with E-state index in [1.54, 1.807) is 0 Å². The molecule has 2 rings (SSSR count). The molecule has 1 aromatic carbocycles. The number of aryl methyl sites for hydroxylation is 2. The Kier molecular flexibility index (Phi) is 4.11. The highest BCUT2D eigenvalue weighted by Gasteiger charge is 2.15. The highest BCUT2D eigenvalue weighted by Crippen LogP contribution is 2.24. The monoisotopic (exact) mass is 240 g/mol. The zero-order valence-corrected chi connectivity index (χ0v) is 11.3. The summed E-state index contributed by atoms with van der Waals surface area (Å²) in [5.41, 5.74) is 5.12. The number of hydrogen-bond donors (Lipinski definition) is 1. The summed E-state index contributed by atoms with van der Waals surface area (Å²) in [4.78, 5) is 4.26. The number of aromatic nitrogens is 1. The molecular weight excluding hydrogens is 220 g/mol. The first-order valence-electron chi connectivity index (χ1n) is 6.43. The molecule has 2 heteroatoms. The van der Waals surface area contributed by atoms with E-state index in [1.165, 1.54) is 22.3 Å². The fraction of sp³-hybridized carbons (Fsp3) is 0.312. The lowest BCUT2D eigenvalue weighted by Gasteiger charge is -2.20. The predicted octanol–water partition coefficient (Wildman–Crippen LogP) is 3.40. The Bertz CT molecular complexity index is 520. The maximum Gasteiger partial charge on any atom is 0.0594 e. The van der Waals surface area contributed by atoms with Gasteiger partial charge in [0, 0.05) is 12.4 Å². The van der Waals surface area contributed by atoms with Gasteiger partial charge in [0.25, 0.3) is 0 Å². The van der Waals surface area contributed by atoms with Gasteiger partial charge in [-0.05, 0) is 43.1 Å². The Morgan fingerprint density at radius 1 is 1.22 bits per heavy atom. The summed E-state index contributed by atoms with van der Waals surface area (Å²) in [5.74, 6) is 0. The lowest BCUT2D eigenvalue weighted by Crippen LogP contribution is -2.23. The first kappa shape index (κ1) is 12.8. The SMILES string of the molecule is CCNC(c1cccc(C)c1)c1cnccc1C. The van der Waals surface area contributed by atoms with Crippen LogP contribution in [0, 0.1) is 13.8 Å². The van der Waals surface area contributed by atoms with Crippen molar-refractivity contribution < 1.29 is 0 Å². The second-order valence-electron chi connectivity index (χ2n) is 4.64. The van der Waals surface area contributed by atoms with Crippen molar-refractivity contribution in [2.24, 2.45) is 0 Å². The van der Waals surface area contributed by atoms with Crippen molar-refractivity contribution >= 4 is 0 Å². The Morgan fingerprint density at radius 2 is 2.06 bits per heavy atom. The number of pyridine rings is 1. The molecule has 0 bridgehead atoms. The average Bonchev–Trinajstić information content (AvgIpc) is 2.37. The van der Waals surface area contributed by atoms with Crippen LogP contribution >= 0.6 is 0 Å². The highest BCUT2D eigenvalue weighted by molar-refractivity contribution is 5.36. The first-order valence-corrected chi connectivity index (χ1v) is 6.43. The second-order valence-corrected chi connectivity index (χ2v) is 4.64. The van der Waals surface area contributed by atoms with E-state index in [2.05, 4.69) is 61.4 Å². The minimum Gasteiger partial charge on any atom is -0.306 e. The van der Waals surface area contributed by atoms with E-state index in [9.17, 15) is 0 Å². The van der Waals surface area contributed by atoms with E-state index < -0.39 is 0 Å². The minimum atomic E-state index is 0.226. The van der Waals surface area contributed by atoms with Gasteiger partial charge in [0.15, 0.2) is 0 Å². The van der Waals surface area contributed by atoms with Crippen LogP contribution in [0.4, 0.5) is 0 Å². The van der Waals surface area contributed by atoms with E-state index in [4.69, 9.17) is 0 Å². The first-order chi connectivity index (χ1) is 8.72. The largest absolute Gasteiger partial charge is 0.306 e. The molecule has 0 saturated carbocycles. The van der Waals surface area contributed by atoms with E-state index in [-0.39, 0.29) is 6.04 Å². The number of nitrogens with zero attached hydrogens (tertiary/aromatic N) is 1. The van der Waals surface area contributed by atoms with E-state index in [1.807, 2.05) is 12.4 Å². The Labute approximate surface area is 109 Å². The van der Waals surface area contributed by atoms with Crippen molar-refractivity contribution in [3.8, 4) is 0 Å². The average molecular weight is 240 g/mol. The van der Waals surface area contributed by atoms with E-state index in [0.29, 0.717) is 0 Å². The molecule has 0 radical (unpaired) electrons. The highest BCUT2D eigenvalue weighted by atomic mass is 14.9. The van der Waals surface area contributed by atoms with Crippen molar-refractivity contribution in [2.75, 3.05) is 6.54 Å². The third-order valence-corrected chi connectivity index (χ3v) is 3.17. The molecule has 0 fully saturated rings. The molecular formula is C16H20N2. The number of rotatable bonds is 4. The van der Waals surface area contributed by atoms with Crippen LogP contribution in [0.25, 0.3) is 0 Å². The van der Waals surface area contributed by atoms with Gasteiger partial charge in [0.05, 0.1) is 6.04 Å². The molecule has 1 aromatic heterocycles. The van der Waals surface area contributed by atoms with Crippen LogP contribution in [-0.2, 0) is 0 Å². The van der Waals surface area contributed by atoms with Gasteiger partial charge >= 0.3 is 0 Å². The lowest BCUT2D eigenvalue weighted by molar-refractivity contribution is 0.625. The molecule has 1 unspecified atom stereocenters. The molecule has 2 nitrogen and oxygen atoms in total. The number of benzene rings is 1. The molecule has 94 valence electrons. The van der Waals surface area contributed by atoms with Gasteiger partial charge in [-0.2, -0.15) is 0 Å². The zero-order valence-electron chi connectivity index (χ0n) is 11.3. The van der Waals surface area contributed by atoms with Crippen LogP contribution in [0.5, 0.6) is 0 Å². The molecule has 0 aliphatic rings. The normalized spacial score (nSPS) is 12.4. The molecule has 0 aliphatic heterocycles. The molecule has 2 aromatic rings. The fourth-order valence-electron chi connectivity index (χ4n) is 2.24. The zero-order chi connectivity index (χ0) is 13.0. The van der Waals surface area contributed by atoms with Crippen molar-refractivity contribution in [1.82, 2.24) is 10.3 Å². The number of hydrogen-bond acceptors (Lipinski definition) is 2. The molecule has 1 N–H and O–H groups in total. The standard InChI is InChI=1S/C16H20N2/c1-4-18-16(14-7-5-6-12(2)10-14)15-11-17-9-8-13(15)3/h5-11,16,18H,4H2,1-3H3. The molecule has 1 atom stereocenters. The van der Waals surface area contributed by atoms with Crippen LogP contribution in [-0.4, -0.2) is 11.5 Å². The Morgan fingerprint density at radius 3 is 2.72 bits per heavy atom. The topological polar surface area (TPSA) is 24.9 Å². The van der Waals surface area contributed by atoms with Crippen LogP contribution in [0.1, 0.15) is 35.2 Å². The minimum absolute atomic E-state index is 0.226. The predicted molar refractivity (Wildman–Crippen MR) is 75.7 cm³/mol. The molecule has 0 amide bonds. The fourth-order valence-corrected chi connectivity index (χ4v) is 2.24. The van der Waals surface area contributed by atoms with Gasteiger partial charge in [0.1, 0.15) is 0 Å². The quantitative estimate of drug-likeness (QED) is 0.886. The Hall–Kier alpha value is -1.67. The van der Waals surface area contributed by atoms with Gasteiger partial charge in [-0.15, -0.1) is 0 Å². The maximum absolute atomic E-state index is 4.26. The Balaban J connectivity index is 2.43. The van der Waals surface area contributed by atoms with Crippen LogP contribution in [0.3, 0.4) is 0 Å². The second kappa shape index (κ2) is 5.78. The maximum atomic E-state index is 4.26. The third-order valence-electron chi connectivity index (χ3n) is 3.17. The van der Waals surface area contributed by atoms with Gasteiger partial charge in [0.2, 0.25) is 0 Å². The van der Waals surface area contributed by atoms with Gasteiger partial charge < -0.3 is 5.32 Å². The van der Waals surface area contributed by atoms with Crippen LogP contribution < -0.4 is 5.32 Å². The smallest absolute Gasteiger partial charge is 0.0594 e.